The molecule has 122 valence electrons. The average molecular weight is 305 g/mol. The molecule has 22 heavy (non-hydrogen) atoms. The lowest BCUT2D eigenvalue weighted by molar-refractivity contribution is -0.0148. The van der Waals surface area contributed by atoms with Crippen LogP contribution in [0.2, 0.25) is 0 Å². The molecule has 0 radical (unpaired) electrons. The molecule has 0 saturated carbocycles. The summed E-state index contributed by atoms with van der Waals surface area (Å²) in [6.07, 6.45) is 4.03. The zero-order chi connectivity index (χ0) is 15.8. The fourth-order valence-corrected chi connectivity index (χ4v) is 2.76. The third-order valence-corrected chi connectivity index (χ3v) is 4.32. The van der Waals surface area contributed by atoms with Crippen molar-refractivity contribution in [2.24, 2.45) is 5.41 Å². The lowest BCUT2D eigenvalue weighted by atomic mass is 9.81. The fraction of sp³-hybridized carbons (Fsp3) is 0.556. The monoisotopic (exact) mass is 305 g/mol. The van der Waals surface area contributed by atoms with Gasteiger partial charge in [0, 0.05) is 31.7 Å². The van der Waals surface area contributed by atoms with Gasteiger partial charge in [-0.2, -0.15) is 0 Å². The van der Waals surface area contributed by atoms with Crippen LogP contribution in [0, 0.1) is 5.41 Å². The van der Waals surface area contributed by atoms with Crippen LogP contribution in [0.3, 0.4) is 0 Å². The third-order valence-electron chi connectivity index (χ3n) is 4.32. The molecule has 4 nitrogen and oxygen atoms in total. The van der Waals surface area contributed by atoms with E-state index in [1.165, 1.54) is 11.1 Å². The lowest BCUT2D eigenvalue weighted by Gasteiger charge is -2.35. The molecule has 2 N–H and O–H groups in total. The van der Waals surface area contributed by atoms with Crippen molar-refractivity contribution >= 4 is 6.08 Å². The highest BCUT2D eigenvalue weighted by Crippen LogP contribution is 2.29. The van der Waals surface area contributed by atoms with Crippen molar-refractivity contribution in [3.8, 4) is 5.75 Å². The summed E-state index contributed by atoms with van der Waals surface area (Å²) < 4.78 is 10.6. The van der Waals surface area contributed by atoms with Crippen LogP contribution in [0.15, 0.2) is 29.8 Å². The summed E-state index contributed by atoms with van der Waals surface area (Å²) in [5.74, 6) is 0.873. The van der Waals surface area contributed by atoms with Crippen LogP contribution in [0.1, 0.15) is 25.3 Å². The molecular formula is C18H27NO3. The summed E-state index contributed by atoms with van der Waals surface area (Å²) in [4.78, 5) is 0. The van der Waals surface area contributed by atoms with Crippen LogP contribution in [0.5, 0.6) is 5.75 Å². The predicted molar refractivity (Wildman–Crippen MR) is 89.1 cm³/mol. The molecule has 2 rings (SSSR count). The van der Waals surface area contributed by atoms with E-state index in [1.54, 1.807) is 7.11 Å². The maximum absolute atomic E-state index is 9.67. The van der Waals surface area contributed by atoms with E-state index in [-0.39, 0.29) is 12.0 Å². The quantitative estimate of drug-likeness (QED) is 0.812. The molecule has 0 bridgehead atoms. The largest absolute Gasteiger partial charge is 0.497 e. The minimum Gasteiger partial charge on any atom is -0.497 e. The Hall–Kier alpha value is -1.36. The second kappa shape index (κ2) is 8.32. The van der Waals surface area contributed by atoms with E-state index >= 15 is 0 Å². The molecule has 0 spiro atoms. The van der Waals surface area contributed by atoms with Crippen molar-refractivity contribution in [2.45, 2.75) is 19.8 Å². The first-order valence-electron chi connectivity index (χ1n) is 7.88. The van der Waals surface area contributed by atoms with E-state index in [0.717, 1.165) is 44.9 Å². The molecule has 1 aromatic carbocycles. The van der Waals surface area contributed by atoms with E-state index in [2.05, 4.69) is 30.4 Å². The Morgan fingerprint density at radius 3 is 2.59 bits per heavy atom. The van der Waals surface area contributed by atoms with E-state index < -0.39 is 0 Å². The van der Waals surface area contributed by atoms with Gasteiger partial charge in [-0.25, -0.2) is 0 Å². The predicted octanol–water partition coefficient (Wildman–Crippen LogP) is 2.48. The van der Waals surface area contributed by atoms with Gasteiger partial charge in [0.25, 0.3) is 0 Å². The minimum atomic E-state index is -0.0152. The van der Waals surface area contributed by atoms with Gasteiger partial charge in [-0.1, -0.05) is 23.8 Å². The van der Waals surface area contributed by atoms with E-state index in [0.29, 0.717) is 0 Å². The van der Waals surface area contributed by atoms with E-state index in [9.17, 15) is 5.11 Å². The van der Waals surface area contributed by atoms with Crippen molar-refractivity contribution in [1.82, 2.24) is 5.32 Å². The van der Waals surface area contributed by atoms with Gasteiger partial charge in [-0.05, 0) is 37.5 Å². The Bertz CT molecular complexity index is 476. The maximum Gasteiger partial charge on any atom is 0.118 e. The molecular weight excluding hydrogens is 278 g/mol. The summed E-state index contributed by atoms with van der Waals surface area (Å²) in [7, 11) is 1.67. The van der Waals surface area contributed by atoms with Gasteiger partial charge in [0.05, 0.1) is 13.7 Å². The summed E-state index contributed by atoms with van der Waals surface area (Å²) in [6.45, 7) is 5.51. The molecule has 1 aliphatic rings. The van der Waals surface area contributed by atoms with E-state index in [4.69, 9.17) is 9.47 Å². The summed E-state index contributed by atoms with van der Waals surface area (Å²) in [6, 6.07) is 8.04. The van der Waals surface area contributed by atoms with Crippen LogP contribution < -0.4 is 10.1 Å². The summed E-state index contributed by atoms with van der Waals surface area (Å²) in [5, 5.41) is 13.2. The van der Waals surface area contributed by atoms with E-state index in [1.807, 2.05) is 12.1 Å². The number of aliphatic hydroxyl groups excluding tert-OH is 1. The topological polar surface area (TPSA) is 50.7 Å². The normalized spacial score (nSPS) is 18.2. The molecule has 4 heteroatoms. The van der Waals surface area contributed by atoms with Gasteiger partial charge in [0.1, 0.15) is 5.75 Å². The number of hydrogen-bond acceptors (Lipinski definition) is 4. The molecule has 0 amide bonds. The first-order valence-corrected chi connectivity index (χ1v) is 7.88. The molecule has 1 aliphatic heterocycles. The number of hydrogen-bond donors (Lipinski definition) is 2. The second-order valence-electron chi connectivity index (χ2n) is 6.14. The fourth-order valence-electron chi connectivity index (χ4n) is 2.76. The number of ether oxygens (including phenoxy) is 2. The highest BCUT2D eigenvalue weighted by Gasteiger charge is 2.31. The Morgan fingerprint density at radius 1 is 1.32 bits per heavy atom. The van der Waals surface area contributed by atoms with Gasteiger partial charge in [0.2, 0.25) is 0 Å². The first-order chi connectivity index (χ1) is 10.7. The van der Waals surface area contributed by atoms with Gasteiger partial charge in [-0.15, -0.1) is 0 Å². The summed E-state index contributed by atoms with van der Waals surface area (Å²) >= 11 is 0. The number of benzene rings is 1. The van der Waals surface area contributed by atoms with Gasteiger partial charge in [0.15, 0.2) is 0 Å². The zero-order valence-electron chi connectivity index (χ0n) is 13.6. The Kier molecular flexibility index (Phi) is 6.43. The van der Waals surface area contributed by atoms with Crippen molar-refractivity contribution in [2.75, 3.05) is 40.0 Å². The molecule has 1 fully saturated rings. The Labute approximate surface area is 133 Å². The lowest BCUT2D eigenvalue weighted by Crippen LogP contribution is -2.42. The van der Waals surface area contributed by atoms with Crippen molar-refractivity contribution in [3.63, 3.8) is 0 Å². The first kappa shape index (κ1) is 17.0. The van der Waals surface area contributed by atoms with Gasteiger partial charge in [-0.3, -0.25) is 0 Å². The van der Waals surface area contributed by atoms with Crippen LogP contribution in [0.25, 0.3) is 6.08 Å². The van der Waals surface area contributed by atoms with Crippen molar-refractivity contribution in [1.29, 1.82) is 0 Å². The molecule has 1 aromatic rings. The van der Waals surface area contributed by atoms with Crippen molar-refractivity contribution < 1.29 is 14.6 Å². The number of nitrogens with one attached hydrogen (secondary N) is 1. The van der Waals surface area contributed by atoms with Crippen LogP contribution in [-0.2, 0) is 4.74 Å². The third kappa shape index (κ3) is 4.83. The van der Waals surface area contributed by atoms with Gasteiger partial charge < -0.3 is 19.9 Å². The van der Waals surface area contributed by atoms with Gasteiger partial charge >= 0.3 is 0 Å². The van der Waals surface area contributed by atoms with Crippen molar-refractivity contribution in [3.05, 3.63) is 35.4 Å². The highest BCUT2D eigenvalue weighted by atomic mass is 16.5. The highest BCUT2D eigenvalue weighted by molar-refractivity contribution is 5.53. The minimum absolute atomic E-state index is 0.0152. The SMILES string of the molecule is COc1ccc(/C=C(/C)CNCC2(CO)CCOCC2)cc1. The molecule has 0 aliphatic carbocycles. The average Bonchev–Trinajstić information content (AvgIpc) is 2.56. The Morgan fingerprint density at radius 2 is 2.00 bits per heavy atom. The molecule has 0 aromatic heterocycles. The van der Waals surface area contributed by atoms with Crippen LogP contribution >= 0.6 is 0 Å². The standard InChI is InChI=1S/C18H27NO3/c1-15(11-16-3-5-17(21-2)6-4-16)12-19-13-18(14-20)7-9-22-10-8-18/h3-6,11,19-20H,7-10,12-14H2,1-2H3/b15-11-. The zero-order valence-corrected chi connectivity index (χ0v) is 13.6. The number of methoxy groups -OCH3 is 1. The van der Waals surface area contributed by atoms with Crippen LogP contribution in [0.4, 0.5) is 0 Å². The van der Waals surface area contributed by atoms with Crippen LogP contribution in [-0.4, -0.2) is 45.1 Å². The maximum atomic E-state index is 9.67. The Balaban J connectivity index is 1.83. The molecule has 1 heterocycles. The second-order valence-corrected chi connectivity index (χ2v) is 6.14. The smallest absolute Gasteiger partial charge is 0.118 e. The molecule has 1 saturated heterocycles. The molecule has 0 unspecified atom stereocenters. The number of rotatable bonds is 7. The number of aliphatic hydroxyl groups is 1. The molecule has 0 atom stereocenters. The summed E-state index contributed by atoms with van der Waals surface area (Å²) in [5.41, 5.74) is 2.42.